The highest BCUT2D eigenvalue weighted by Gasteiger charge is 2.37. The molecule has 0 saturated heterocycles. The van der Waals surface area contributed by atoms with Crippen molar-refractivity contribution >= 4 is 58.2 Å². The van der Waals surface area contributed by atoms with Crippen LogP contribution in [0.3, 0.4) is 0 Å². The number of anilines is 1. The Balaban J connectivity index is 1.65. The lowest BCUT2D eigenvalue weighted by atomic mass is 10.1. The lowest BCUT2D eigenvalue weighted by Gasteiger charge is -2.13. The molecule has 3 rings (SSSR count). The van der Waals surface area contributed by atoms with Crippen LogP contribution in [-0.4, -0.2) is 29.2 Å². The van der Waals surface area contributed by atoms with Gasteiger partial charge in [0.25, 0.3) is 11.8 Å². The summed E-state index contributed by atoms with van der Waals surface area (Å²) in [6.07, 6.45) is -0.0522. The van der Waals surface area contributed by atoms with Crippen molar-refractivity contribution in [3.05, 3.63) is 62.6 Å². The molecule has 1 aliphatic rings. The van der Waals surface area contributed by atoms with E-state index in [4.69, 9.17) is 34.8 Å². The van der Waals surface area contributed by atoms with Gasteiger partial charge in [0.2, 0.25) is 5.91 Å². The predicted octanol–water partition coefficient (Wildman–Crippen LogP) is 4.27. The van der Waals surface area contributed by atoms with Crippen LogP contribution in [0, 0.1) is 0 Å². The van der Waals surface area contributed by atoms with E-state index in [1.54, 1.807) is 24.3 Å². The van der Waals surface area contributed by atoms with Gasteiger partial charge in [-0.3, -0.25) is 19.3 Å². The lowest BCUT2D eigenvalue weighted by molar-refractivity contribution is -0.116. The molecule has 0 fully saturated rings. The summed E-state index contributed by atoms with van der Waals surface area (Å²) in [4.78, 5) is 37.7. The maximum atomic E-state index is 12.3. The summed E-state index contributed by atoms with van der Waals surface area (Å²) in [5.41, 5.74) is 0.909. The fraction of sp³-hybridized carbons (Fsp3) is 0.118. The molecule has 2 aromatic rings. The maximum absolute atomic E-state index is 12.3. The molecule has 1 heterocycles. The van der Waals surface area contributed by atoms with Crippen LogP contribution >= 0.6 is 34.8 Å². The first-order chi connectivity index (χ1) is 11.9. The Hall–Kier alpha value is -2.08. The molecule has 0 unspecified atom stereocenters. The second-order valence-corrected chi connectivity index (χ2v) is 6.57. The van der Waals surface area contributed by atoms with Crippen LogP contribution in [0.25, 0.3) is 0 Å². The summed E-state index contributed by atoms with van der Waals surface area (Å²) >= 11 is 17.7. The van der Waals surface area contributed by atoms with Crippen molar-refractivity contribution in [3.8, 4) is 0 Å². The monoisotopic (exact) mass is 396 g/mol. The van der Waals surface area contributed by atoms with Crippen LogP contribution in [0.2, 0.25) is 15.1 Å². The van der Waals surface area contributed by atoms with Crippen molar-refractivity contribution < 1.29 is 14.4 Å². The molecule has 0 aliphatic carbocycles. The molecular weight excluding hydrogens is 387 g/mol. The number of nitrogens with one attached hydrogen (secondary N) is 1. The second kappa shape index (κ2) is 7.04. The highest BCUT2D eigenvalue weighted by molar-refractivity contribution is 6.42. The fourth-order valence-electron chi connectivity index (χ4n) is 2.51. The van der Waals surface area contributed by atoms with Gasteiger partial charge in [-0.25, -0.2) is 0 Å². The Bertz CT molecular complexity index is 899. The molecule has 0 bridgehead atoms. The van der Waals surface area contributed by atoms with Gasteiger partial charge in [-0.15, -0.1) is 0 Å². The van der Waals surface area contributed by atoms with E-state index < -0.39 is 11.8 Å². The number of imide groups is 1. The van der Waals surface area contributed by atoms with Crippen molar-refractivity contribution in [1.29, 1.82) is 0 Å². The largest absolute Gasteiger partial charge is 0.326 e. The third kappa shape index (κ3) is 3.49. The van der Waals surface area contributed by atoms with E-state index in [9.17, 15) is 14.4 Å². The number of fused-ring (bicyclic) bond motifs is 1. The van der Waals surface area contributed by atoms with Gasteiger partial charge >= 0.3 is 0 Å². The van der Waals surface area contributed by atoms with Gasteiger partial charge in [-0.2, -0.15) is 0 Å². The molecule has 0 radical (unpaired) electrons. The first-order valence-corrected chi connectivity index (χ1v) is 8.41. The van der Waals surface area contributed by atoms with Crippen molar-refractivity contribution in [2.45, 2.75) is 6.42 Å². The van der Waals surface area contributed by atoms with E-state index in [1.807, 2.05) is 0 Å². The Kier molecular flexibility index (Phi) is 4.99. The van der Waals surface area contributed by atoms with Crippen LogP contribution in [0.1, 0.15) is 27.1 Å². The van der Waals surface area contributed by atoms with E-state index in [0.717, 1.165) is 4.90 Å². The topological polar surface area (TPSA) is 66.5 Å². The molecule has 0 saturated carbocycles. The first kappa shape index (κ1) is 17.7. The van der Waals surface area contributed by atoms with Crippen molar-refractivity contribution in [3.63, 3.8) is 0 Å². The normalized spacial score (nSPS) is 13.2. The van der Waals surface area contributed by atoms with Gasteiger partial charge in [-0.05, 0) is 30.3 Å². The minimum atomic E-state index is -0.493. The Morgan fingerprint density at radius 2 is 1.72 bits per heavy atom. The number of benzene rings is 2. The summed E-state index contributed by atoms with van der Waals surface area (Å²) in [6.45, 7) is -0.0458. The fourth-order valence-corrected chi connectivity index (χ4v) is 3.06. The molecule has 5 nitrogen and oxygen atoms in total. The summed E-state index contributed by atoms with van der Waals surface area (Å²) in [6, 6.07) is 9.37. The molecule has 2 aromatic carbocycles. The number of halogens is 3. The lowest BCUT2D eigenvalue weighted by Crippen LogP contribution is -2.32. The third-order valence-electron chi connectivity index (χ3n) is 3.71. The van der Waals surface area contributed by atoms with Crippen molar-refractivity contribution in [2.75, 3.05) is 11.9 Å². The summed E-state index contributed by atoms with van der Waals surface area (Å²) in [5, 5.41) is 3.55. The molecule has 3 amide bonds. The molecule has 0 spiro atoms. The number of hydrogen-bond acceptors (Lipinski definition) is 3. The zero-order valence-electron chi connectivity index (χ0n) is 12.7. The zero-order chi connectivity index (χ0) is 18.1. The van der Waals surface area contributed by atoms with Crippen molar-refractivity contribution in [1.82, 2.24) is 4.90 Å². The zero-order valence-corrected chi connectivity index (χ0v) is 15.0. The summed E-state index contributed by atoms with van der Waals surface area (Å²) in [5.74, 6) is -1.31. The quantitative estimate of drug-likeness (QED) is 0.783. The van der Waals surface area contributed by atoms with Crippen LogP contribution < -0.4 is 5.32 Å². The molecule has 8 heteroatoms. The SMILES string of the molecule is O=C(CCN1C(=O)c2cccc(Cl)c2C1=O)Nc1ccc(Cl)c(Cl)c1. The first-order valence-electron chi connectivity index (χ1n) is 7.28. The number of carbonyl (C=O) groups excluding carboxylic acids is 3. The van der Waals surface area contributed by atoms with Gasteiger partial charge in [0.05, 0.1) is 26.2 Å². The van der Waals surface area contributed by atoms with Crippen LogP contribution in [-0.2, 0) is 4.79 Å². The molecule has 25 heavy (non-hydrogen) atoms. The van der Waals surface area contributed by atoms with Crippen LogP contribution in [0.15, 0.2) is 36.4 Å². The van der Waals surface area contributed by atoms with Gasteiger partial charge in [0.1, 0.15) is 0 Å². The third-order valence-corrected chi connectivity index (χ3v) is 4.77. The van der Waals surface area contributed by atoms with Crippen molar-refractivity contribution in [2.24, 2.45) is 0 Å². The van der Waals surface area contributed by atoms with E-state index in [1.165, 1.54) is 12.1 Å². The van der Waals surface area contributed by atoms with Crippen LogP contribution in [0.5, 0.6) is 0 Å². The van der Waals surface area contributed by atoms with Gasteiger partial charge < -0.3 is 5.32 Å². The minimum absolute atomic E-state index is 0.0458. The molecule has 1 N–H and O–H groups in total. The van der Waals surface area contributed by atoms with Gasteiger partial charge in [0, 0.05) is 18.7 Å². The molecule has 0 aromatic heterocycles. The second-order valence-electron chi connectivity index (χ2n) is 5.35. The Labute approximate surface area is 158 Å². The maximum Gasteiger partial charge on any atom is 0.263 e. The van der Waals surface area contributed by atoms with Gasteiger partial charge in [0.15, 0.2) is 0 Å². The van der Waals surface area contributed by atoms with Crippen LogP contribution in [0.4, 0.5) is 5.69 Å². The molecule has 0 atom stereocenters. The number of hydrogen-bond donors (Lipinski definition) is 1. The Morgan fingerprint density at radius 3 is 2.40 bits per heavy atom. The standard InChI is InChI=1S/C17H11Cl3N2O3/c18-11-5-4-9(8-13(11)20)21-14(23)6-7-22-16(24)10-2-1-3-12(19)15(10)17(22)25/h1-5,8H,6-7H2,(H,21,23). The van der Waals surface area contributed by atoms with Gasteiger partial charge in [-0.1, -0.05) is 40.9 Å². The molecular formula is C17H11Cl3N2O3. The average Bonchev–Trinajstić information content (AvgIpc) is 2.81. The number of carbonyl (C=O) groups is 3. The number of amides is 3. The predicted molar refractivity (Wildman–Crippen MR) is 96.5 cm³/mol. The highest BCUT2D eigenvalue weighted by Crippen LogP contribution is 2.29. The van der Waals surface area contributed by atoms with E-state index >= 15 is 0 Å². The molecule has 1 aliphatic heterocycles. The highest BCUT2D eigenvalue weighted by atomic mass is 35.5. The van der Waals surface area contributed by atoms with E-state index in [2.05, 4.69) is 5.32 Å². The average molecular weight is 398 g/mol. The minimum Gasteiger partial charge on any atom is -0.326 e. The van der Waals surface area contributed by atoms with E-state index in [-0.39, 0.29) is 35.0 Å². The number of nitrogens with zero attached hydrogens (tertiary/aromatic N) is 1. The summed E-state index contributed by atoms with van der Waals surface area (Å²) < 4.78 is 0. The summed E-state index contributed by atoms with van der Waals surface area (Å²) in [7, 11) is 0. The molecule has 128 valence electrons. The smallest absolute Gasteiger partial charge is 0.263 e. The van der Waals surface area contributed by atoms with E-state index in [0.29, 0.717) is 15.7 Å². The number of rotatable bonds is 4. The Morgan fingerprint density at radius 1 is 0.960 bits per heavy atom.